The zero-order chi connectivity index (χ0) is 22.2. The van der Waals surface area contributed by atoms with Gasteiger partial charge in [0.25, 0.3) is 11.2 Å². The molecule has 0 radical (unpaired) electrons. The molecule has 2 aromatic carbocycles. The fraction of sp³-hybridized carbons (Fsp3) is 0.105. The van der Waals surface area contributed by atoms with Gasteiger partial charge in [-0.15, -0.1) is 11.3 Å². The van der Waals surface area contributed by atoms with Gasteiger partial charge in [0, 0.05) is 23.3 Å². The number of fused-ring (bicyclic) bond motifs is 1. The summed E-state index contributed by atoms with van der Waals surface area (Å²) in [5, 5.41) is 17.3. The van der Waals surface area contributed by atoms with Gasteiger partial charge in [0.15, 0.2) is 15.0 Å². The van der Waals surface area contributed by atoms with Crippen LogP contribution in [0.15, 0.2) is 57.5 Å². The standard InChI is InChI=1S/C19H14N4O5S3/c1-31(27,28)13-7-14-16(15(8-13)23(25)26)30-19(22-17(14)24)20-9-12-10-29-18(21-12)11-5-3-2-4-6-11/h2-8,10H,9H2,1H3,(H,20,22,24). The molecule has 0 aliphatic heterocycles. The Morgan fingerprint density at radius 2 is 1.90 bits per heavy atom. The van der Waals surface area contributed by atoms with Crippen LogP contribution in [0.25, 0.3) is 20.7 Å². The summed E-state index contributed by atoms with van der Waals surface area (Å²) in [5.74, 6) is 0. The van der Waals surface area contributed by atoms with Crippen molar-refractivity contribution in [1.82, 2.24) is 9.97 Å². The van der Waals surface area contributed by atoms with Crippen LogP contribution in [0.3, 0.4) is 0 Å². The van der Waals surface area contributed by atoms with Gasteiger partial charge in [-0.3, -0.25) is 14.9 Å². The molecule has 0 unspecified atom stereocenters. The maximum absolute atomic E-state index is 12.5. The van der Waals surface area contributed by atoms with Crippen molar-refractivity contribution in [3.05, 3.63) is 74.0 Å². The minimum Gasteiger partial charge on any atom is -0.356 e. The first kappa shape index (κ1) is 21.0. The molecular weight excluding hydrogens is 460 g/mol. The summed E-state index contributed by atoms with van der Waals surface area (Å²) in [6, 6.07) is 11.8. The number of non-ortho nitro benzene ring substituents is 1. The summed E-state index contributed by atoms with van der Waals surface area (Å²) >= 11 is 2.39. The van der Waals surface area contributed by atoms with Crippen molar-refractivity contribution in [2.75, 3.05) is 11.6 Å². The molecule has 2 aromatic heterocycles. The van der Waals surface area contributed by atoms with Crippen molar-refractivity contribution in [1.29, 1.82) is 0 Å². The molecular formula is C19H14N4O5S3. The van der Waals surface area contributed by atoms with Crippen molar-refractivity contribution >= 4 is 53.4 Å². The molecule has 0 fully saturated rings. The van der Waals surface area contributed by atoms with E-state index in [1.807, 2.05) is 35.7 Å². The molecule has 31 heavy (non-hydrogen) atoms. The fourth-order valence-corrected chi connectivity index (χ4v) is 5.26. The number of nitro groups is 1. The molecule has 0 atom stereocenters. The van der Waals surface area contributed by atoms with Crippen LogP contribution in [-0.2, 0) is 16.4 Å². The summed E-state index contributed by atoms with van der Waals surface area (Å²) < 4.78 is 23.7. The van der Waals surface area contributed by atoms with Crippen molar-refractivity contribution in [3.8, 4) is 10.6 Å². The molecule has 0 saturated heterocycles. The first-order valence-electron chi connectivity index (χ1n) is 8.79. The van der Waals surface area contributed by atoms with E-state index in [1.54, 1.807) is 0 Å². The van der Waals surface area contributed by atoms with E-state index in [9.17, 15) is 23.3 Å². The van der Waals surface area contributed by atoms with Crippen molar-refractivity contribution in [2.24, 2.45) is 0 Å². The molecule has 4 rings (SSSR count). The SMILES string of the molecule is CS(=O)(=O)c1cc([N+](=O)[O-])c2sc(NCc3csc(-c4ccccc4)n3)nc(=O)c2c1. The number of rotatable bonds is 6. The van der Waals surface area contributed by atoms with Gasteiger partial charge in [-0.2, -0.15) is 4.98 Å². The quantitative estimate of drug-likeness (QED) is 0.330. The minimum absolute atomic E-state index is 0.0585. The number of hydrogen-bond donors (Lipinski definition) is 1. The summed E-state index contributed by atoms with van der Waals surface area (Å²) in [4.78, 5) is 31.4. The fourth-order valence-electron chi connectivity index (χ4n) is 2.82. The van der Waals surface area contributed by atoms with Gasteiger partial charge in [-0.25, -0.2) is 13.4 Å². The highest BCUT2D eigenvalue weighted by Crippen LogP contribution is 2.33. The number of nitrogens with zero attached hydrogens (tertiary/aromatic N) is 3. The number of hydrogen-bond acceptors (Lipinski definition) is 10. The Morgan fingerprint density at radius 1 is 1.16 bits per heavy atom. The van der Waals surface area contributed by atoms with Gasteiger partial charge >= 0.3 is 0 Å². The van der Waals surface area contributed by atoms with Crippen LogP contribution in [0.2, 0.25) is 0 Å². The van der Waals surface area contributed by atoms with Crippen LogP contribution in [0.5, 0.6) is 0 Å². The Bertz CT molecular complexity index is 1460. The zero-order valence-corrected chi connectivity index (χ0v) is 18.4. The van der Waals surface area contributed by atoms with Gasteiger partial charge in [0.1, 0.15) is 9.71 Å². The third-order valence-corrected chi connectivity index (χ3v) is 7.39. The van der Waals surface area contributed by atoms with E-state index in [2.05, 4.69) is 15.3 Å². The lowest BCUT2D eigenvalue weighted by molar-refractivity contribution is -0.383. The van der Waals surface area contributed by atoms with Gasteiger partial charge < -0.3 is 5.32 Å². The summed E-state index contributed by atoms with van der Waals surface area (Å²) in [5.41, 5.74) is 0.524. The Morgan fingerprint density at radius 3 is 2.58 bits per heavy atom. The highest BCUT2D eigenvalue weighted by Gasteiger charge is 2.22. The average Bonchev–Trinajstić information content (AvgIpc) is 3.20. The minimum atomic E-state index is -3.73. The van der Waals surface area contributed by atoms with Gasteiger partial charge in [-0.05, 0) is 6.07 Å². The first-order chi connectivity index (χ1) is 14.7. The van der Waals surface area contributed by atoms with E-state index >= 15 is 0 Å². The lowest BCUT2D eigenvalue weighted by atomic mass is 10.2. The van der Waals surface area contributed by atoms with Crippen LogP contribution < -0.4 is 10.9 Å². The number of nitro benzene ring substituents is 1. The summed E-state index contributed by atoms with van der Waals surface area (Å²) in [7, 11) is -3.73. The van der Waals surface area contributed by atoms with E-state index in [4.69, 9.17) is 0 Å². The van der Waals surface area contributed by atoms with E-state index in [0.29, 0.717) is 0 Å². The molecule has 2 heterocycles. The van der Waals surface area contributed by atoms with Crippen LogP contribution in [0, 0.1) is 10.1 Å². The van der Waals surface area contributed by atoms with Crippen LogP contribution in [-0.4, -0.2) is 29.6 Å². The van der Waals surface area contributed by atoms with Crippen molar-refractivity contribution in [3.63, 3.8) is 0 Å². The summed E-state index contributed by atoms with van der Waals surface area (Å²) in [6.07, 6.45) is 0.923. The second-order valence-electron chi connectivity index (χ2n) is 6.54. The van der Waals surface area contributed by atoms with Crippen LogP contribution in [0.4, 0.5) is 10.8 Å². The lowest BCUT2D eigenvalue weighted by Gasteiger charge is -2.06. The molecule has 1 N–H and O–H groups in total. The number of anilines is 1. The molecule has 0 saturated carbocycles. The van der Waals surface area contributed by atoms with Crippen molar-refractivity contribution < 1.29 is 13.3 Å². The number of thiazole rings is 1. The Kier molecular flexibility index (Phi) is 5.52. The predicted octanol–water partition coefficient (Wildman–Crippen LogP) is 3.70. The monoisotopic (exact) mass is 474 g/mol. The van der Waals surface area contributed by atoms with E-state index < -0.39 is 26.0 Å². The molecule has 0 bridgehead atoms. The van der Waals surface area contributed by atoms with E-state index in [1.165, 1.54) is 11.3 Å². The Balaban J connectivity index is 1.66. The highest BCUT2D eigenvalue weighted by molar-refractivity contribution is 7.90. The molecule has 9 nitrogen and oxygen atoms in total. The van der Waals surface area contributed by atoms with Gasteiger partial charge in [0.05, 0.1) is 27.4 Å². The van der Waals surface area contributed by atoms with Crippen LogP contribution >= 0.6 is 22.7 Å². The zero-order valence-electron chi connectivity index (χ0n) is 15.9. The second kappa shape index (κ2) is 8.13. The molecule has 12 heteroatoms. The van der Waals surface area contributed by atoms with Crippen LogP contribution in [0.1, 0.15) is 5.69 Å². The maximum Gasteiger partial charge on any atom is 0.288 e. The topological polar surface area (TPSA) is 132 Å². The van der Waals surface area contributed by atoms with E-state index in [0.717, 1.165) is 46.0 Å². The second-order valence-corrected chi connectivity index (χ2v) is 10.4. The largest absolute Gasteiger partial charge is 0.356 e. The number of sulfone groups is 1. The maximum atomic E-state index is 12.5. The normalized spacial score (nSPS) is 11.5. The molecule has 0 amide bonds. The number of benzene rings is 2. The van der Waals surface area contributed by atoms with Gasteiger partial charge in [-0.1, -0.05) is 41.7 Å². The number of aromatic nitrogens is 2. The summed E-state index contributed by atoms with van der Waals surface area (Å²) in [6.45, 7) is 0.271. The molecule has 158 valence electrons. The average molecular weight is 475 g/mol. The first-order valence-corrected chi connectivity index (χ1v) is 12.4. The predicted molar refractivity (Wildman–Crippen MR) is 121 cm³/mol. The van der Waals surface area contributed by atoms with E-state index in [-0.39, 0.29) is 26.7 Å². The Hall–Kier alpha value is -3.22. The Labute approximate surface area is 184 Å². The molecule has 0 aliphatic rings. The molecule has 0 spiro atoms. The third-order valence-electron chi connectivity index (χ3n) is 4.29. The highest BCUT2D eigenvalue weighted by atomic mass is 32.2. The third kappa shape index (κ3) is 4.45. The molecule has 0 aliphatic carbocycles. The lowest BCUT2D eigenvalue weighted by Crippen LogP contribution is -2.11. The molecule has 4 aromatic rings. The van der Waals surface area contributed by atoms with Crippen molar-refractivity contribution in [2.45, 2.75) is 11.4 Å². The van der Waals surface area contributed by atoms with Gasteiger partial charge in [0.2, 0.25) is 0 Å². The number of nitrogens with one attached hydrogen (secondary N) is 1. The smallest absolute Gasteiger partial charge is 0.288 e.